The molecule has 15 heavy (non-hydrogen) atoms. The van der Waals surface area contributed by atoms with E-state index in [4.69, 9.17) is 5.73 Å². The molecule has 0 aliphatic carbocycles. The quantitative estimate of drug-likeness (QED) is 0.833. The highest BCUT2D eigenvalue weighted by Gasteiger charge is 2.13. The van der Waals surface area contributed by atoms with Crippen molar-refractivity contribution in [1.29, 1.82) is 0 Å². The standard InChI is InChI=1S/C10H12FN3.ClH/c11-9-3-1-8(2-4-9)7-14-6-5-13-10(14)12;/h1-4H,5-7H2,(H2,12,13);1H. The average Bonchev–Trinajstić information content (AvgIpc) is 2.56. The maximum Gasteiger partial charge on any atom is 0.191 e. The SMILES string of the molecule is Cl.NC1=NCCN1Cc1ccc(F)cc1. The molecule has 2 rings (SSSR count). The summed E-state index contributed by atoms with van der Waals surface area (Å²) in [5.74, 6) is 0.367. The highest BCUT2D eigenvalue weighted by Crippen LogP contribution is 2.08. The Morgan fingerprint density at radius 3 is 2.53 bits per heavy atom. The molecule has 0 fully saturated rings. The molecule has 5 heteroatoms. The minimum absolute atomic E-state index is 0. The second kappa shape index (κ2) is 4.98. The van der Waals surface area contributed by atoms with Crippen LogP contribution in [0.3, 0.4) is 0 Å². The van der Waals surface area contributed by atoms with Crippen molar-refractivity contribution < 1.29 is 4.39 Å². The molecule has 1 aromatic rings. The lowest BCUT2D eigenvalue weighted by atomic mass is 10.2. The van der Waals surface area contributed by atoms with E-state index in [1.54, 1.807) is 12.1 Å². The van der Waals surface area contributed by atoms with Crippen molar-refractivity contribution in [1.82, 2.24) is 4.90 Å². The number of hydrogen-bond acceptors (Lipinski definition) is 3. The molecule has 0 bridgehead atoms. The molecular weight excluding hydrogens is 217 g/mol. The number of hydrogen-bond donors (Lipinski definition) is 1. The molecule has 0 spiro atoms. The molecule has 3 nitrogen and oxygen atoms in total. The Balaban J connectivity index is 0.00000112. The second-order valence-corrected chi connectivity index (χ2v) is 3.29. The first kappa shape index (κ1) is 11.8. The summed E-state index contributed by atoms with van der Waals surface area (Å²) in [6.07, 6.45) is 0. The molecule has 0 saturated heterocycles. The summed E-state index contributed by atoms with van der Waals surface area (Å²) in [4.78, 5) is 6.06. The number of aliphatic imine (C=N–C) groups is 1. The molecule has 1 heterocycles. The zero-order chi connectivity index (χ0) is 9.97. The summed E-state index contributed by atoms with van der Waals surface area (Å²) in [7, 11) is 0. The van der Waals surface area contributed by atoms with Gasteiger partial charge in [-0.05, 0) is 17.7 Å². The largest absolute Gasteiger partial charge is 0.370 e. The third-order valence-electron chi connectivity index (χ3n) is 2.25. The van der Waals surface area contributed by atoms with Crippen LogP contribution in [0.15, 0.2) is 29.3 Å². The number of benzene rings is 1. The monoisotopic (exact) mass is 229 g/mol. The fraction of sp³-hybridized carbons (Fsp3) is 0.300. The lowest BCUT2D eigenvalue weighted by Gasteiger charge is -2.17. The highest BCUT2D eigenvalue weighted by molar-refractivity contribution is 5.85. The van der Waals surface area contributed by atoms with Gasteiger partial charge >= 0.3 is 0 Å². The molecule has 1 aliphatic heterocycles. The maximum atomic E-state index is 12.6. The molecule has 0 unspecified atom stereocenters. The Morgan fingerprint density at radius 2 is 2.00 bits per heavy atom. The van der Waals surface area contributed by atoms with Gasteiger partial charge in [-0.15, -0.1) is 12.4 Å². The molecule has 0 aromatic heterocycles. The average molecular weight is 230 g/mol. The first-order valence-corrected chi connectivity index (χ1v) is 4.55. The van der Waals surface area contributed by atoms with Gasteiger partial charge in [0.25, 0.3) is 0 Å². The first-order chi connectivity index (χ1) is 6.75. The van der Waals surface area contributed by atoms with Gasteiger partial charge in [-0.2, -0.15) is 0 Å². The van der Waals surface area contributed by atoms with Crippen LogP contribution in [-0.4, -0.2) is 23.9 Å². The Labute approximate surface area is 94.2 Å². The van der Waals surface area contributed by atoms with E-state index in [2.05, 4.69) is 4.99 Å². The van der Waals surface area contributed by atoms with E-state index in [9.17, 15) is 4.39 Å². The van der Waals surface area contributed by atoms with Gasteiger partial charge in [-0.25, -0.2) is 4.39 Å². The van der Waals surface area contributed by atoms with Crippen molar-refractivity contribution in [3.63, 3.8) is 0 Å². The van der Waals surface area contributed by atoms with Crippen LogP contribution in [0.5, 0.6) is 0 Å². The van der Waals surface area contributed by atoms with Crippen molar-refractivity contribution in [3.05, 3.63) is 35.6 Å². The van der Waals surface area contributed by atoms with Gasteiger partial charge < -0.3 is 10.6 Å². The zero-order valence-electron chi connectivity index (χ0n) is 8.19. The Morgan fingerprint density at radius 1 is 1.33 bits per heavy atom. The van der Waals surface area contributed by atoms with Crippen LogP contribution < -0.4 is 5.73 Å². The predicted molar refractivity (Wildman–Crippen MR) is 60.5 cm³/mol. The minimum atomic E-state index is -0.211. The van der Waals surface area contributed by atoms with E-state index >= 15 is 0 Å². The lowest BCUT2D eigenvalue weighted by Crippen LogP contribution is -2.33. The predicted octanol–water partition coefficient (Wildman–Crippen LogP) is 1.38. The summed E-state index contributed by atoms with van der Waals surface area (Å²) in [6, 6.07) is 6.44. The summed E-state index contributed by atoms with van der Waals surface area (Å²) in [6.45, 7) is 2.31. The number of rotatable bonds is 2. The Bertz CT molecular complexity index is 350. The number of guanidine groups is 1. The molecule has 1 aromatic carbocycles. The number of halogens is 2. The van der Waals surface area contributed by atoms with E-state index in [-0.39, 0.29) is 18.2 Å². The van der Waals surface area contributed by atoms with Crippen LogP contribution in [0.25, 0.3) is 0 Å². The number of nitrogens with two attached hydrogens (primary N) is 1. The summed E-state index contributed by atoms with van der Waals surface area (Å²) >= 11 is 0. The normalized spacial score (nSPS) is 14.7. The fourth-order valence-corrected chi connectivity index (χ4v) is 1.47. The Kier molecular flexibility index (Phi) is 3.91. The fourth-order valence-electron chi connectivity index (χ4n) is 1.47. The van der Waals surface area contributed by atoms with E-state index in [0.29, 0.717) is 12.5 Å². The summed E-state index contributed by atoms with van der Waals surface area (Å²) < 4.78 is 12.6. The molecule has 0 amide bonds. The molecule has 0 atom stereocenters. The highest BCUT2D eigenvalue weighted by atomic mass is 35.5. The van der Waals surface area contributed by atoms with Gasteiger partial charge in [0.05, 0.1) is 6.54 Å². The van der Waals surface area contributed by atoms with Crippen LogP contribution in [0.2, 0.25) is 0 Å². The zero-order valence-corrected chi connectivity index (χ0v) is 9.01. The van der Waals surface area contributed by atoms with E-state index < -0.39 is 0 Å². The minimum Gasteiger partial charge on any atom is -0.370 e. The van der Waals surface area contributed by atoms with Gasteiger partial charge in [0.15, 0.2) is 5.96 Å². The van der Waals surface area contributed by atoms with Gasteiger partial charge in [0.2, 0.25) is 0 Å². The topological polar surface area (TPSA) is 41.6 Å². The molecule has 0 radical (unpaired) electrons. The van der Waals surface area contributed by atoms with Crippen LogP contribution >= 0.6 is 12.4 Å². The third-order valence-corrected chi connectivity index (χ3v) is 2.25. The smallest absolute Gasteiger partial charge is 0.191 e. The molecule has 2 N–H and O–H groups in total. The third kappa shape index (κ3) is 2.83. The van der Waals surface area contributed by atoms with Crippen molar-refractivity contribution in [2.75, 3.05) is 13.1 Å². The van der Waals surface area contributed by atoms with Crippen molar-refractivity contribution >= 4 is 18.4 Å². The molecule has 82 valence electrons. The van der Waals surface area contributed by atoms with Crippen molar-refractivity contribution in [3.8, 4) is 0 Å². The van der Waals surface area contributed by atoms with Gasteiger partial charge in [-0.3, -0.25) is 4.99 Å². The summed E-state index contributed by atoms with van der Waals surface area (Å²) in [5.41, 5.74) is 6.71. The van der Waals surface area contributed by atoms with Crippen molar-refractivity contribution in [2.45, 2.75) is 6.54 Å². The van der Waals surface area contributed by atoms with Gasteiger partial charge in [-0.1, -0.05) is 12.1 Å². The maximum absolute atomic E-state index is 12.6. The van der Waals surface area contributed by atoms with Crippen LogP contribution in [0.1, 0.15) is 5.56 Å². The van der Waals surface area contributed by atoms with E-state index in [0.717, 1.165) is 18.7 Å². The van der Waals surface area contributed by atoms with Crippen LogP contribution in [-0.2, 0) is 6.54 Å². The number of nitrogens with zero attached hydrogens (tertiary/aromatic N) is 2. The second-order valence-electron chi connectivity index (χ2n) is 3.29. The Hall–Kier alpha value is -1.29. The lowest BCUT2D eigenvalue weighted by molar-refractivity contribution is 0.447. The molecule has 1 aliphatic rings. The van der Waals surface area contributed by atoms with Gasteiger partial charge in [0, 0.05) is 13.1 Å². The molecule has 0 saturated carbocycles. The van der Waals surface area contributed by atoms with Crippen LogP contribution in [0, 0.1) is 5.82 Å². The summed E-state index contributed by atoms with van der Waals surface area (Å²) in [5, 5.41) is 0. The van der Waals surface area contributed by atoms with Gasteiger partial charge in [0.1, 0.15) is 5.82 Å². The van der Waals surface area contributed by atoms with E-state index in [1.807, 2.05) is 4.90 Å². The molecular formula is C10H13ClFN3. The van der Waals surface area contributed by atoms with Crippen molar-refractivity contribution in [2.24, 2.45) is 10.7 Å². The van der Waals surface area contributed by atoms with E-state index in [1.165, 1.54) is 12.1 Å². The first-order valence-electron chi connectivity index (χ1n) is 4.55. The van der Waals surface area contributed by atoms with Crippen LogP contribution in [0.4, 0.5) is 4.39 Å².